The van der Waals surface area contributed by atoms with Crippen LogP contribution in [-0.4, -0.2) is 49.5 Å². The van der Waals surface area contributed by atoms with Crippen molar-refractivity contribution in [1.29, 1.82) is 0 Å². The molecule has 0 saturated heterocycles. The fourth-order valence-electron chi connectivity index (χ4n) is 2.94. The van der Waals surface area contributed by atoms with E-state index < -0.39 is 0 Å². The molecule has 30 heavy (non-hydrogen) atoms. The monoisotopic (exact) mass is 454 g/mol. The Hall–Kier alpha value is -1.54. The fraction of sp³-hybridized carbons (Fsp3) is 0.455. The van der Waals surface area contributed by atoms with Gasteiger partial charge in [0, 0.05) is 47.4 Å². The van der Waals surface area contributed by atoms with Crippen LogP contribution in [0.4, 0.5) is 0 Å². The molecule has 2 aromatic rings. The molecule has 6 nitrogen and oxygen atoms in total. The van der Waals surface area contributed by atoms with Crippen LogP contribution < -0.4 is 21.3 Å². The number of rotatable bonds is 15. The van der Waals surface area contributed by atoms with Gasteiger partial charge < -0.3 is 31.5 Å². The summed E-state index contributed by atoms with van der Waals surface area (Å²) in [6, 6.07) is 10.2. The molecule has 0 aliphatic heterocycles. The smallest absolute Gasteiger partial charge is 0.120 e. The van der Waals surface area contributed by atoms with Gasteiger partial charge in [0.15, 0.2) is 0 Å². The Kier molecular flexibility index (Phi) is 11.9. The quantitative estimate of drug-likeness (QED) is 0.231. The van der Waals surface area contributed by atoms with E-state index in [9.17, 15) is 10.2 Å². The number of phenolic OH excluding ortho intramolecular Hbond substituents is 2. The van der Waals surface area contributed by atoms with Gasteiger partial charge in [0.1, 0.15) is 11.5 Å². The topological polar surface area (TPSA) is 88.6 Å². The second kappa shape index (κ2) is 14.5. The molecule has 0 spiro atoms. The van der Waals surface area contributed by atoms with Crippen LogP contribution in [0, 0.1) is 0 Å². The Bertz CT molecular complexity index is 698. The molecule has 166 valence electrons. The number of hydrogen-bond acceptors (Lipinski definition) is 6. The maximum atomic E-state index is 9.76. The minimum atomic E-state index is 0.272. The van der Waals surface area contributed by atoms with E-state index in [2.05, 4.69) is 21.3 Å². The normalized spacial score (nSPS) is 11.1. The summed E-state index contributed by atoms with van der Waals surface area (Å²) in [5.74, 6) is 0.544. The minimum absolute atomic E-state index is 0.272. The summed E-state index contributed by atoms with van der Waals surface area (Å²) in [5.41, 5.74) is 1.64. The molecule has 0 fully saturated rings. The lowest BCUT2D eigenvalue weighted by molar-refractivity contribution is 0.463. The predicted molar refractivity (Wildman–Crippen MR) is 125 cm³/mol. The number of hydrogen-bond donors (Lipinski definition) is 6. The Labute approximate surface area is 189 Å². The van der Waals surface area contributed by atoms with Crippen molar-refractivity contribution in [1.82, 2.24) is 21.3 Å². The molecule has 2 aromatic carbocycles. The maximum absolute atomic E-state index is 9.76. The van der Waals surface area contributed by atoms with Crippen LogP contribution in [0.25, 0.3) is 0 Å². The van der Waals surface area contributed by atoms with Gasteiger partial charge in [-0.3, -0.25) is 0 Å². The van der Waals surface area contributed by atoms with E-state index >= 15 is 0 Å². The largest absolute Gasteiger partial charge is 0.508 e. The lowest BCUT2D eigenvalue weighted by atomic mass is 10.2. The third kappa shape index (κ3) is 9.98. The van der Waals surface area contributed by atoms with Crippen LogP contribution in [0.15, 0.2) is 36.4 Å². The molecule has 2 rings (SSSR count). The molecule has 0 aliphatic carbocycles. The third-order valence-electron chi connectivity index (χ3n) is 4.61. The summed E-state index contributed by atoms with van der Waals surface area (Å²) in [4.78, 5) is 0. The molecule has 0 aromatic heterocycles. The number of benzene rings is 2. The first-order chi connectivity index (χ1) is 14.6. The SMILES string of the molecule is Oc1ccc(Cl)cc1CNCCCNCCNCCCNCc1cc(Cl)ccc1O. The van der Waals surface area contributed by atoms with Crippen molar-refractivity contribution in [3.8, 4) is 11.5 Å². The first kappa shape index (κ1) is 24.7. The Morgan fingerprint density at radius 1 is 0.567 bits per heavy atom. The molecule has 0 bridgehead atoms. The Balaban J connectivity index is 1.36. The lowest BCUT2D eigenvalue weighted by Gasteiger charge is -2.09. The summed E-state index contributed by atoms with van der Waals surface area (Å²) in [6.45, 7) is 6.72. The summed E-state index contributed by atoms with van der Waals surface area (Å²) in [6.07, 6.45) is 2.03. The van der Waals surface area contributed by atoms with E-state index in [0.29, 0.717) is 23.1 Å². The molecule has 0 aliphatic rings. The molecule has 0 unspecified atom stereocenters. The number of halogens is 2. The zero-order valence-electron chi connectivity index (χ0n) is 17.2. The lowest BCUT2D eigenvalue weighted by Crippen LogP contribution is -2.30. The number of nitrogens with one attached hydrogen (secondary N) is 4. The van der Waals surface area contributed by atoms with Crippen LogP contribution in [0.3, 0.4) is 0 Å². The van der Waals surface area contributed by atoms with E-state index in [-0.39, 0.29) is 11.5 Å². The van der Waals surface area contributed by atoms with Crippen LogP contribution in [0.2, 0.25) is 10.0 Å². The molecular formula is C22H32Cl2N4O2. The van der Waals surface area contributed by atoms with E-state index in [4.69, 9.17) is 23.2 Å². The average Bonchev–Trinajstić information content (AvgIpc) is 2.73. The van der Waals surface area contributed by atoms with Crippen LogP contribution >= 0.6 is 23.2 Å². The van der Waals surface area contributed by atoms with Crippen molar-refractivity contribution in [3.63, 3.8) is 0 Å². The summed E-state index contributed by atoms with van der Waals surface area (Å²) >= 11 is 11.9. The number of aromatic hydroxyl groups is 2. The standard InChI is InChI=1S/C22H32Cl2N4O2/c23-19-3-5-21(29)17(13-19)15-27-9-1-7-25-11-12-26-8-2-10-28-16-18-14-20(24)4-6-22(18)30/h3-6,13-14,25-30H,1-2,7-12,15-16H2. The van der Waals surface area contributed by atoms with Crippen molar-refractivity contribution in [2.75, 3.05) is 39.3 Å². The highest BCUT2D eigenvalue weighted by molar-refractivity contribution is 6.31. The van der Waals surface area contributed by atoms with Gasteiger partial charge in [0.25, 0.3) is 0 Å². The van der Waals surface area contributed by atoms with Crippen LogP contribution in [0.5, 0.6) is 11.5 Å². The summed E-state index contributed by atoms with van der Waals surface area (Å²) in [5, 5.41) is 34.2. The maximum Gasteiger partial charge on any atom is 0.120 e. The zero-order chi connectivity index (χ0) is 21.6. The molecule has 8 heteroatoms. The van der Waals surface area contributed by atoms with Gasteiger partial charge in [0.2, 0.25) is 0 Å². The molecule has 0 radical (unpaired) electrons. The van der Waals surface area contributed by atoms with Crippen molar-refractivity contribution in [3.05, 3.63) is 57.6 Å². The molecule has 0 amide bonds. The van der Waals surface area contributed by atoms with Gasteiger partial charge in [0.05, 0.1) is 0 Å². The van der Waals surface area contributed by atoms with E-state index in [1.165, 1.54) is 0 Å². The number of phenols is 2. The van der Waals surface area contributed by atoms with E-state index in [1.807, 2.05) is 0 Å². The molecule has 0 saturated carbocycles. The molecule has 0 atom stereocenters. The average molecular weight is 455 g/mol. The Morgan fingerprint density at radius 3 is 1.40 bits per heavy atom. The summed E-state index contributed by atoms with van der Waals surface area (Å²) < 4.78 is 0. The van der Waals surface area contributed by atoms with Gasteiger partial charge >= 0.3 is 0 Å². The second-order valence-corrected chi connectivity index (χ2v) is 7.98. The predicted octanol–water partition coefficient (Wildman–Crippen LogP) is 3.24. The van der Waals surface area contributed by atoms with Gasteiger partial charge in [-0.05, 0) is 75.4 Å². The Morgan fingerprint density at radius 2 is 0.967 bits per heavy atom. The molecule has 6 N–H and O–H groups in total. The molecular weight excluding hydrogens is 423 g/mol. The third-order valence-corrected chi connectivity index (χ3v) is 5.08. The van der Waals surface area contributed by atoms with Crippen molar-refractivity contribution in [2.24, 2.45) is 0 Å². The fourth-order valence-corrected chi connectivity index (χ4v) is 3.33. The van der Waals surface area contributed by atoms with Gasteiger partial charge in [-0.1, -0.05) is 23.2 Å². The second-order valence-electron chi connectivity index (χ2n) is 7.11. The van der Waals surface area contributed by atoms with Gasteiger partial charge in [-0.25, -0.2) is 0 Å². The van der Waals surface area contributed by atoms with E-state index in [0.717, 1.165) is 63.2 Å². The highest BCUT2D eigenvalue weighted by Crippen LogP contribution is 2.21. The van der Waals surface area contributed by atoms with E-state index in [1.54, 1.807) is 36.4 Å². The van der Waals surface area contributed by atoms with Gasteiger partial charge in [-0.2, -0.15) is 0 Å². The van der Waals surface area contributed by atoms with Crippen molar-refractivity contribution >= 4 is 23.2 Å². The first-order valence-electron chi connectivity index (χ1n) is 10.3. The first-order valence-corrected chi connectivity index (χ1v) is 11.1. The highest BCUT2D eigenvalue weighted by Gasteiger charge is 2.02. The van der Waals surface area contributed by atoms with Crippen LogP contribution in [0.1, 0.15) is 24.0 Å². The van der Waals surface area contributed by atoms with Crippen molar-refractivity contribution in [2.45, 2.75) is 25.9 Å². The van der Waals surface area contributed by atoms with Crippen molar-refractivity contribution < 1.29 is 10.2 Å². The molecule has 0 heterocycles. The zero-order valence-corrected chi connectivity index (χ0v) is 18.7. The van der Waals surface area contributed by atoms with Gasteiger partial charge in [-0.15, -0.1) is 0 Å². The highest BCUT2D eigenvalue weighted by atomic mass is 35.5. The summed E-state index contributed by atoms with van der Waals surface area (Å²) in [7, 11) is 0. The van der Waals surface area contributed by atoms with Crippen LogP contribution in [-0.2, 0) is 13.1 Å². The minimum Gasteiger partial charge on any atom is -0.508 e.